The molecule has 0 bridgehead atoms. The lowest BCUT2D eigenvalue weighted by molar-refractivity contribution is -0.384. The number of fused-ring (bicyclic) bond motifs is 1. The summed E-state index contributed by atoms with van der Waals surface area (Å²) in [6.45, 7) is 5.88. The number of non-ortho nitro benzene ring substituents is 1. The maximum absolute atomic E-state index is 13.3. The number of rotatable bonds is 3. The zero-order valence-electron chi connectivity index (χ0n) is 15.1. The molecule has 0 unspecified atom stereocenters. The van der Waals surface area contributed by atoms with Crippen LogP contribution in [0.5, 0.6) is 5.75 Å². The van der Waals surface area contributed by atoms with Crippen molar-refractivity contribution in [1.82, 2.24) is 0 Å². The quantitative estimate of drug-likeness (QED) is 0.604. The molecule has 1 heterocycles. The second-order valence-electron chi connectivity index (χ2n) is 6.81. The highest BCUT2D eigenvalue weighted by Crippen LogP contribution is 2.41. The summed E-state index contributed by atoms with van der Waals surface area (Å²) >= 11 is 0. The Labute approximate surface area is 151 Å². The number of carbonyl (C=O) groups excluding carboxylic acids is 1. The molecule has 2 aromatic carbocycles. The minimum Gasteiger partial charge on any atom is -0.497 e. The number of hydrogen-bond acceptors (Lipinski definition) is 4. The average molecular weight is 352 g/mol. The largest absolute Gasteiger partial charge is 0.497 e. The molecule has 1 aliphatic heterocycles. The van der Waals surface area contributed by atoms with Crippen molar-refractivity contribution < 1.29 is 14.5 Å². The number of methoxy groups -OCH3 is 1. The highest BCUT2D eigenvalue weighted by molar-refractivity contribution is 6.10. The molecule has 6 heteroatoms. The summed E-state index contributed by atoms with van der Waals surface area (Å²) in [6.07, 6.45) is 2.02. The molecule has 0 aromatic heterocycles. The number of allylic oxidation sites excluding steroid dienone is 1. The Morgan fingerprint density at radius 2 is 1.92 bits per heavy atom. The SMILES string of the molecule is COc1ccc2c(c1)C(C)=CC(C)(C)N2C(=O)c1cccc([N+](=O)[O-])c1. The Hall–Kier alpha value is -3.15. The van der Waals surface area contributed by atoms with Gasteiger partial charge in [0.05, 0.1) is 23.3 Å². The molecule has 0 aliphatic carbocycles. The monoisotopic (exact) mass is 352 g/mol. The number of nitro benzene ring substituents is 1. The lowest BCUT2D eigenvalue weighted by atomic mass is 9.88. The van der Waals surface area contributed by atoms with Crippen LogP contribution in [0.3, 0.4) is 0 Å². The molecule has 0 radical (unpaired) electrons. The maximum atomic E-state index is 13.3. The first kappa shape index (κ1) is 17.7. The number of benzene rings is 2. The molecule has 3 rings (SSSR count). The van der Waals surface area contributed by atoms with Crippen LogP contribution in [0.4, 0.5) is 11.4 Å². The number of nitro groups is 1. The minimum atomic E-state index is -0.576. The average Bonchev–Trinajstić information content (AvgIpc) is 2.60. The third-order valence-corrected chi connectivity index (χ3v) is 4.52. The van der Waals surface area contributed by atoms with E-state index >= 15 is 0 Å². The number of carbonyl (C=O) groups is 1. The molecular weight excluding hydrogens is 332 g/mol. The van der Waals surface area contributed by atoms with Crippen molar-refractivity contribution in [2.45, 2.75) is 26.3 Å². The molecule has 0 atom stereocenters. The van der Waals surface area contributed by atoms with Crippen molar-refractivity contribution in [1.29, 1.82) is 0 Å². The van der Waals surface area contributed by atoms with Crippen molar-refractivity contribution >= 4 is 22.9 Å². The molecule has 6 nitrogen and oxygen atoms in total. The van der Waals surface area contributed by atoms with Gasteiger partial charge in [0.15, 0.2) is 0 Å². The summed E-state index contributed by atoms with van der Waals surface area (Å²) in [5.41, 5.74) is 2.31. The predicted octanol–water partition coefficient (Wildman–Crippen LogP) is 4.45. The van der Waals surface area contributed by atoms with Crippen LogP contribution in [-0.2, 0) is 0 Å². The topological polar surface area (TPSA) is 72.7 Å². The van der Waals surface area contributed by atoms with Crippen LogP contribution in [0, 0.1) is 10.1 Å². The highest BCUT2D eigenvalue weighted by Gasteiger charge is 2.36. The summed E-state index contributed by atoms with van der Waals surface area (Å²) in [5, 5.41) is 11.0. The molecular formula is C20H20N2O4. The number of anilines is 1. The molecule has 0 N–H and O–H groups in total. The first-order valence-electron chi connectivity index (χ1n) is 8.21. The Balaban J connectivity index is 2.13. The molecule has 0 spiro atoms. The van der Waals surface area contributed by atoms with E-state index in [1.54, 1.807) is 24.1 Å². The number of nitrogens with zero attached hydrogens (tertiary/aromatic N) is 2. The van der Waals surface area contributed by atoms with E-state index < -0.39 is 10.5 Å². The second kappa shape index (κ2) is 6.29. The minimum absolute atomic E-state index is 0.104. The van der Waals surface area contributed by atoms with Crippen molar-refractivity contribution in [2.24, 2.45) is 0 Å². The zero-order valence-corrected chi connectivity index (χ0v) is 15.1. The van der Waals surface area contributed by atoms with E-state index in [0.29, 0.717) is 5.75 Å². The molecule has 134 valence electrons. The van der Waals surface area contributed by atoms with Crippen LogP contribution in [0.1, 0.15) is 36.7 Å². The van der Waals surface area contributed by atoms with Crippen LogP contribution in [0.15, 0.2) is 48.5 Å². The van der Waals surface area contributed by atoms with Crippen LogP contribution < -0.4 is 9.64 Å². The van der Waals surface area contributed by atoms with Gasteiger partial charge in [0, 0.05) is 23.3 Å². The van der Waals surface area contributed by atoms with Gasteiger partial charge in [0.2, 0.25) is 0 Å². The van der Waals surface area contributed by atoms with Crippen LogP contribution >= 0.6 is 0 Å². The van der Waals surface area contributed by atoms with Gasteiger partial charge in [-0.2, -0.15) is 0 Å². The van der Waals surface area contributed by atoms with Gasteiger partial charge in [-0.25, -0.2) is 0 Å². The van der Waals surface area contributed by atoms with Gasteiger partial charge in [0.1, 0.15) is 5.75 Å². The fourth-order valence-corrected chi connectivity index (χ4v) is 3.39. The van der Waals surface area contributed by atoms with E-state index in [9.17, 15) is 14.9 Å². The Bertz CT molecular complexity index is 931. The number of hydrogen-bond donors (Lipinski definition) is 0. The van der Waals surface area contributed by atoms with Gasteiger partial charge in [-0.3, -0.25) is 19.8 Å². The normalized spacial score (nSPS) is 15.1. The molecule has 0 saturated carbocycles. The standard InChI is InChI=1S/C20H20N2O4/c1-13-12-20(2,3)21(18-9-8-16(26-4)11-17(13)18)19(23)14-6-5-7-15(10-14)22(24)25/h5-12H,1-4H3. The van der Waals surface area contributed by atoms with Crippen molar-refractivity contribution in [3.63, 3.8) is 0 Å². The molecule has 0 fully saturated rings. The molecule has 1 aliphatic rings. The summed E-state index contributed by atoms with van der Waals surface area (Å²) in [5.74, 6) is 0.424. The van der Waals surface area contributed by atoms with Gasteiger partial charge in [-0.15, -0.1) is 0 Å². The van der Waals surface area contributed by atoms with Crippen LogP contribution in [-0.4, -0.2) is 23.5 Å². The van der Waals surface area contributed by atoms with Crippen LogP contribution in [0.2, 0.25) is 0 Å². The summed E-state index contributed by atoms with van der Waals surface area (Å²) in [4.78, 5) is 25.5. The molecule has 0 saturated heterocycles. The third-order valence-electron chi connectivity index (χ3n) is 4.52. The van der Waals surface area contributed by atoms with Crippen LogP contribution in [0.25, 0.3) is 5.57 Å². The number of amides is 1. The predicted molar refractivity (Wildman–Crippen MR) is 101 cm³/mol. The lowest BCUT2D eigenvalue weighted by Gasteiger charge is -2.41. The zero-order chi connectivity index (χ0) is 19.1. The maximum Gasteiger partial charge on any atom is 0.270 e. The van der Waals surface area contributed by atoms with Gasteiger partial charge in [-0.05, 0) is 50.6 Å². The van der Waals surface area contributed by atoms with Gasteiger partial charge in [-0.1, -0.05) is 12.1 Å². The van der Waals surface area contributed by atoms with Crippen molar-refractivity contribution in [3.8, 4) is 5.75 Å². The van der Waals surface area contributed by atoms with E-state index in [1.165, 1.54) is 18.2 Å². The van der Waals surface area contributed by atoms with E-state index in [2.05, 4.69) is 0 Å². The summed E-state index contributed by atoms with van der Waals surface area (Å²) in [7, 11) is 1.60. The van der Waals surface area contributed by atoms with Gasteiger partial charge >= 0.3 is 0 Å². The van der Waals surface area contributed by atoms with E-state index in [1.807, 2.05) is 39.0 Å². The molecule has 26 heavy (non-hydrogen) atoms. The smallest absolute Gasteiger partial charge is 0.270 e. The molecule has 2 aromatic rings. The summed E-state index contributed by atoms with van der Waals surface area (Å²) in [6, 6.07) is 11.4. The van der Waals surface area contributed by atoms with E-state index in [-0.39, 0.29) is 17.2 Å². The molecule has 1 amide bonds. The highest BCUT2D eigenvalue weighted by atomic mass is 16.6. The summed E-state index contributed by atoms with van der Waals surface area (Å²) < 4.78 is 5.30. The Kier molecular flexibility index (Phi) is 4.28. The van der Waals surface area contributed by atoms with E-state index in [4.69, 9.17) is 4.74 Å². The van der Waals surface area contributed by atoms with Crippen molar-refractivity contribution in [2.75, 3.05) is 12.0 Å². The van der Waals surface area contributed by atoms with E-state index in [0.717, 1.165) is 16.8 Å². The Morgan fingerprint density at radius 3 is 2.58 bits per heavy atom. The van der Waals surface area contributed by atoms with Crippen molar-refractivity contribution in [3.05, 3.63) is 69.8 Å². The first-order chi connectivity index (χ1) is 12.2. The van der Waals surface area contributed by atoms with Gasteiger partial charge in [0.25, 0.3) is 11.6 Å². The lowest BCUT2D eigenvalue weighted by Crippen LogP contribution is -2.49. The fraction of sp³-hybridized carbons (Fsp3) is 0.250. The number of ether oxygens (including phenoxy) is 1. The fourth-order valence-electron chi connectivity index (χ4n) is 3.39. The second-order valence-corrected chi connectivity index (χ2v) is 6.81. The third kappa shape index (κ3) is 2.94. The Morgan fingerprint density at radius 1 is 1.19 bits per heavy atom. The first-order valence-corrected chi connectivity index (χ1v) is 8.21. The van der Waals surface area contributed by atoms with Gasteiger partial charge < -0.3 is 4.74 Å².